The lowest BCUT2D eigenvalue weighted by Crippen LogP contribution is -2.15. The van der Waals surface area contributed by atoms with E-state index in [4.69, 9.17) is 0 Å². The number of benzene rings is 1. The quantitative estimate of drug-likeness (QED) is 0.396. The van der Waals surface area contributed by atoms with Gasteiger partial charge >= 0.3 is 0 Å². The highest BCUT2D eigenvalue weighted by Gasteiger charge is 2.20. The fourth-order valence-corrected chi connectivity index (χ4v) is 4.07. The predicted octanol–water partition coefficient (Wildman–Crippen LogP) is 4.67. The predicted molar refractivity (Wildman–Crippen MR) is 93.0 cm³/mol. The van der Waals surface area contributed by atoms with Crippen molar-refractivity contribution in [1.29, 1.82) is 0 Å². The van der Waals surface area contributed by atoms with Crippen LogP contribution in [0.5, 0.6) is 0 Å². The molecule has 0 aliphatic heterocycles. The fraction of sp³-hybridized carbons (Fsp3) is 0.235. The van der Waals surface area contributed by atoms with Crippen molar-refractivity contribution in [3.63, 3.8) is 0 Å². The summed E-state index contributed by atoms with van der Waals surface area (Å²) in [4.78, 5) is 22.3. The zero-order valence-electron chi connectivity index (χ0n) is 12.7. The molecule has 0 saturated carbocycles. The number of aryl methyl sites for hydroxylation is 2. The van der Waals surface area contributed by atoms with Crippen molar-refractivity contribution in [2.45, 2.75) is 31.0 Å². The third-order valence-electron chi connectivity index (χ3n) is 3.54. The Morgan fingerprint density at radius 3 is 2.86 bits per heavy atom. The summed E-state index contributed by atoms with van der Waals surface area (Å²) in [6.07, 6.45) is 1.57. The van der Waals surface area contributed by atoms with E-state index in [1.807, 2.05) is 50.4 Å². The molecule has 0 aliphatic rings. The van der Waals surface area contributed by atoms with Gasteiger partial charge in [-0.15, -0.1) is 11.3 Å². The van der Waals surface area contributed by atoms with Crippen molar-refractivity contribution in [3.05, 3.63) is 52.7 Å². The van der Waals surface area contributed by atoms with Crippen molar-refractivity contribution < 1.29 is 4.79 Å². The van der Waals surface area contributed by atoms with Gasteiger partial charge in [-0.2, -0.15) is 0 Å². The second kappa shape index (κ2) is 6.18. The first kappa shape index (κ1) is 15.2. The Hall–Kier alpha value is -1.72. The molecule has 0 radical (unpaired) electrons. The van der Waals surface area contributed by atoms with Crippen molar-refractivity contribution in [2.24, 2.45) is 0 Å². The summed E-state index contributed by atoms with van der Waals surface area (Å²) in [5.74, 6) is 0.146. The molecule has 2 aromatic heterocycles. The highest BCUT2D eigenvalue weighted by molar-refractivity contribution is 8.00. The van der Waals surface area contributed by atoms with Crippen molar-refractivity contribution in [3.8, 4) is 0 Å². The van der Waals surface area contributed by atoms with Gasteiger partial charge in [0.1, 0.15) is 16.2 Å². The molecule has 0 saturated heterocycles. The van der Waals surface area contributed by atoms with Crippen LogP contribution in [0.1, 0.15) is 28.4 Å². The highest BCUT2D eigenvalue weighted by atomic mass is 32.2. The summed E-state index contributed by atoms with van der Waals surface area (Å²) in [5.41, 5.74) is 2.93. The molecule has 2 heterocycles. The minimum Gasteiger partial charge on any atom is -0.293 e. The number of nitrogens with zero attached hydrogens (tertiary/aromatic N) is 2. The molecule has 0 spiro atoms. The molecule has 0 unspecified atom stereocenters. The molecule has 3 aromatic rings. The number of rotatable bonds is 4. The molecule has 1 aromatic carbocycles. The third kappa shape index (κ3) is 2.91. The smallest absolute Gasteiger partial charge is 0.176 e. The van der Waals surface area contributed by atoms with Gasteiger partial charge in [0.2, 0.25) is 0 Å². The van der Waals surface area contributed by atoms with E-state index in [1.54, 1.807) is 17.7 Å². The van der Waals surface area contributed by atoms with Crippen LogP contribution < -0.4 is 0 Å². The zero-order valence-corrected chi connectivity index (χ0v) is 14.3. The highest BCUT2D eigenvalue weighted by Crippen LogP contribution is 2.31. The van der Waals surface area contributed by atoms with Crippen LogP contribution in [0.25, 0.3) is 10.2 Å². The van der Waals surface area contributed by atoms with Crippen LogP contribution >= 0.6 is 23.1 Å². The van der Waals surface area contributed by atoms with Crippen molar-refractivity contribution in [2.75, 3.05) is 0 Å². The molecule has 1 atom stereocenters. The lowest BCUT2D eigenvalue weighted by atomic mass is 10.0. The molecule has 3 rings (SSSR count). The van der Waals surface area contributed by atoms with Crippen LogP contribution in [0, 0.1) is 13.8 Å². The van der Waals surface area contributed by atoms with Crippen molar-refractivity contribution >= 4 is 39.1 Å². The normalized spacial score (nSPS) is 12.5. The summed E-state index contributed by atoms with van der Waals surface area (Å²) >= 11 is 3.09. The molecule has 112 valence electrons. The summed E-state index contributed by atoms with van der Waals surface area (Å²) in [6, 6.07) is 8.01. The number of ketones is 1. The van der Waals surface area contributed by atoms with E-state index in [0.29, 0.717) is 0 Å². The average molecular weight is 328 g/mol. The maximum absolute atomic E-state index is 12.7. The van der Waals surface area contributed by atoms with Gasteiger partial charge in [0.25, 0.3) is 0 Å². The standard InChI is InChI=1S/C17H16N2OS2/c1-10-4-5-11(2)14(8-10)15(20)12(3)22-17-13-6-7-21-16(13)18-9-19-17/h4-9,12H,1-3H3/t12-/m0/s1. The minimum absolute atomic E-state index is 0.146. The Bertz CT molecular complexity index is 842. The summed E-state index contributed by atoms with van der Waals surface area (Å²) < 4.78 is 0. The van der Waals surface area contributed by atoms with Gasteiger partial charge in [-0.3, -0.25) is 4.79 Å². The maximum Gasteiger partial charge on any atom is 0.176 e. The molecular formula is C17H16N2OS2. The number of carbonyl (C=O) groups excluding carboxylic acids is 1. The molecule has 3 nitrogen and oxygen atoms in total. The summed E-state index contributed by atoms with van der Waals surface area (Å²) in [5, 5.41) is 3.72. The van der Waals surface area contributed by atoms with Gasteiger partial charge in [-0.1, -0.05) is 29.5 Å². The Kier molecular flexibility index (Phi) is 4.27. The lowest BCUT2D eigenvalue weighted by Gasteiger charge is -2.12. The molecule has 0 bridgehead atoms. The van der Waals surface area contributed by atoms with E-state index in [1.165, 1.54) is 11.8 Å². The molecule has 22 heavy (non-hydrogen) atoms. The Morgan fingerprint density at radius 1 is 1.23 bits per heavy atom. The van der Waals surface area contributed by atoms with E-state index >= 15 is 0 Å². The lowest BCUT2D eigenvalue weighted by molar-refractivity contribution is 0.0993. The summed E-state index contributed by atoms with van der Waals surface area (Å²) in [6.45, 7) is 5.92. The monoisotopic (exact) mass is 328 g/mol. The largest absolute Gasteiger partial charge is 0.293 e. The number of Topliss-reactive ketones (excluding diaryl/α,β-unsaturated/α-hetero) is 1. The average Bonchev–Trinajstić information content (AvgIpc) is 2.98. The van der Waals surface area contributed by atoms with Crippen LogP contribution in [0.2, 0.25) is 0 Å². The van der Waals surface area contributed by atoms with Crippen LogP contribution in [-0.4, -0.2) is 21.0 Å². The SMILES string of the molecule is Cc1ccc(C)c(C(=O)[C@H](C)Sc2ncnc3sccc23)c1. The van der Waals surface area contributed by atoms with Crippen molar-refractivity contribution in [1.82, 2.24) is 9.97 Å². The van der Waals surface area contributed by atoms with E-state index < -0.39 is 0 Å². The van der Waals surface area contributed by atoms with Crippen LogP contribution in [0.3, 0.4) is 0 Å². The minimum atomic E-state index is -0.182. The number of aromatic nitrogens is 2. The van der Waals surface area contributed by atoms with Crippen LogP contribution in [0.15, 0.2) is 41.0 Å². The van der Waals surface area contributed by atoms with E-state index in [-0.39, 0.29) is 11.0 Å². The number of fused-ring (bicyclic) bond motifs is 1. The topological polar surface area (TPSA) is 42.9 Å². The van der Waals surface area contributed by atoms with Crippen LogP contribution in [0.4, 0.5) is 0 Å². The van der Waals surface area contributed by atoms with E-state index in [9.17, 15) is 4.79 Å². The molecular weight excluding hydrogens is 312 g/mol. The Balaban J connectivity index is 1.88. The first-order chi connectivity index (χ1) is 10.6. The number of thiophene rings is 1. The van der Waals surface area contributed by atoms with E-state index in [0.717, 1.165) is 31.9 Å². The van der Waals surface area contributed by atoms with Gasteiger partial charge < -0.3 is 0 Å². The molecule has 5 heteroatoms. The van der Waals surface area contributed by atoms with Crippen LogP contribution in [-0.2, 0) is 0 Å². The van der Waals surface area contributed by atoms with Gasteiger partial charge in [0.05, 0.1) is 5.25 Å². The first-order valence-corrected chi connectivity index (χ1v) is 8.78. The first-order valence-electron chi connectivity index (χ1n) is 7.02. The number of hydrogen-bond acceptors (Lipinski definition) is 5. The Labute approximate surface area is 137 Å². The zero-order chi connectivity index (χ0) is 15.7. The molecule has 0 fully saturated rings. The number of hydrogen-bond donors (Lipinski definition) is 0. The second-order valence-corrected chi connectivity index (χ2v) is 7.49. The fourth-order valence-electron chi connectivity index (χ4n) is 2.30. The number of thioether (sulfide) groups is 1. The van der Waals surface area contributed by atoms with Gasteiger partial charge in [0, 0.05) is 10.9 Å². The second-order valence-electron chi connectivity index (χ2n) is 5.26. The third-order valence-corrected chi connectivity index (χ3v) is 5.48. The Morgan fingerprint density at radius 2 is 2.05 bits per heavy atom. The number of carbonyl (C=O) groups is 1. The summed E-state index contributed by atoms with van der Waals surface area (Å²) in [7, 11) is 0. The molecule has 0 aliphatic carbocycles. The van der Waals surface area contributed by atoms with E-state index in [2.05, 4.69) is 9.97 Å². The van der Waals surface area contributed by atoms with Gasteiger partial charge in [0.15, 0.2) is 5.78 Å². The van der Waals surface area contributed by atoms with Gasteiger partial charge in [-0.25, -0.2) is 9.97 Å². The molecule has 0 amide bonds. The van der Waals surface area contributed by atoms with Gasteiger partial charge in [-0.05, 0) is 43.8 Å². The maximum atomic E-state index is 12.7. The molecule has 0 N–H and O–H groups in total.